The Hall–Kier alpha value is -2.82. The SMILES string of the molecule is COc1ccccc1C(C)(C)C(=O)Nc1ccc(C(=O)O)c(C)c1. The van der Waals surface area contributed by atoms with E-state index in [-0.39, 0.29) is 11.5 Å². The minimum absolute atomic E-state index is 0.200. The Balaban J connectivity index is 2.28. The van der Waals surface area contributed by atoms with Crippen molar-refractivity contribution in [2.75, 3.05) is 12.4 Å². The van der Waals surface area contributed by atoms with E-state index in [4.69, 9.17) is 9.84 Å². The molecule has 0 aliphatic heterocycles. The summed E-state index contributed by atoms with van der Waals surface area (Å²) in [5.74, 6) is -0.538. The Bertz CT molecular complexity index is 781. The summed E-state index contributed by atoms with van der Waals surface area (Å²) in [5.41, 5.74) is 1.34. The third-order valence-electron chi connectivity index (χ3n) is 4.06. The predicted octanol–water partition coefficient (Wildman–Crippen LogP) is 3.62. The minimum atomic E-state index is -0.986. The number of aryl methyl sites for hydroxylation is 1. The highest BCUT2D eigenvalue weighted by molar-refractivity contribution is 5.99. The van der Waals surface area contributed by atoms with Crippen LogP contribution in [0.1, 0.15) is 35.3 Å². The van der Waals surface area contributed by atoms with Crippen molar-refractivity contribution in [2.45, 2.75) is 26.2 Å². The second-order valence-electron chi connectivity index (χ2n) is 6.11. The molecule has 2 N–H and O–H groups in total. The third kappa shape index (κ3) is 3.40. The van der Waals surface area contributed by atoms with Crippen molar-refractivity contribution in [3.63, 3.8) is 0 Å². The fourth-order valence-electron chi connectivity index (χ4n) is 2.55. The van der Waals surface area contributed by atoms with Gasteiger partial charge in [0.15, 0.2) is 0 Å². The summed E-state index contributed by atoms with van der Waals surface area (Å²) in [7, 11) is 1.57. The molecule has 0 unspecified atom stereocenters. The van der Waals surface area contributed by atoms with Gasteiger partial charge in [-0.2, -0.15) is 0 Å². The Morgan fingerprint density at radius 1 is 1.12 bits per heavy atom. The summed E-state index contributed by atoms with van der Waals surface area (Å²) in [6.45, 7) is 5.34. The van der Waals surface area contributed by atoms with Gasteiger partial charge in [0.25, 0.3) is 0 Å². The molecule has 0 aromatic heterocycles. The van der Waals surface area contributed by atoms with Gasteiger partial charge in [0, 0.05) is 11.3 Å². The number of methoxy groups -OCH3 is 1. The summed E-state index contributed by atoms with van der Waals surface area (Å²) < 4.78 is 5.35. The fraction of sp³-hybridized carbons (Fsp3) is 0.263. The van der Waals surface area contributed by atoms with E-state index in [9.17, 15) is 9.59 Å². The normalized spacial score (nSPS) is 11.0. The molecule has 0 atom stereocenters. The molecule has 0 heterocycles. The number of benzene rings is 2. The molecule has 0 radical (unpaired) electrons. The van der Waals surface area contributed by atoms with Crippen LogP contribution in [0.3, 0.4) is 0 Å². The lowest BCUT2D eigenvalue weighted by molar-refractivity contribution is -0.120. The van der Waals surface area contributed by atoms with Gasteiger partial charge < -0.3 is 15.2 Å². The average molecular weight is 327 g/mol. The molecule has 0 fully saturated rings. The van der Waals surface area contributed by atoms with Crippen LogP contribution in [0.4, 0.5) is 5.69 Å². The maximum absolute atomic E-state index is 12.7. The molecule has 126 valence electrons. The molecule has 2 aromatic carbocycles. The van der Waals surface area contributed by atoms with Crippen molar-refractivity contribution in [3.8, 4) is 5.75 Å². The van der Waals surface area contributed by atoms with Crippen molar-refractivity contribution < 1.29 is 19.4 Å². The van der Waals surface area contributed by atoms with Crippen LogP contribution in [0.15, 0.2) is 42.5 Å². The van der Waals surface area contributed by atoms with E-state index in [0.717, 1.165) is 5.56 Å². The molecule has 0 saturated carbocycles. The number of carboxylic acid groups (broad SMARTS) is 1. The lowest BCUT2D eigenvalue weighted by Crippen LogP contribution is -2.35. The van der Waals surface area contributed by atoms with Gasteiger partial charge in [0.1, 0.15) is 5.75 Å². The van der Waals surface area contributed by atoms with Crippen LogP contribution >= 0.6 is 0 Å². The minimum Gasteiger partial charge on any atom is -0.496 e. The molecule has 2 aromatic rings. The van der Waals surface area contributed by atoms with Gasteiger partial charge in [-0.05, 0) is 50.6 Å². The average Bonchev–Trinajstić information content (AvgIpc) is 2.54. The maximum Gasteiger partial charge on any atom is 0.335 e. The van der Waals surface area contributed by atoms with Crippen molar-refractivity contribution in [1.82, 2.24) is 0 Å². The van der Waals surface area contributed by atoms with Crippen molar-refractivity contribution in [3.05, 3.63) is 59.2 Å². The molecule has 24 heavy (non-hydrogen) atoms. The molecule has 5 nitrogen and oxygen atoms in total. The Morgan fingerprint density at radius 3 is 2.38 bits per heavy atom. The highest BCUT2D eigenvalue weighted by Crippen LogP contribution is 2.32. The largest absolute Gasteiger partial charge is 0.496 e. The van der Waals surface area contributed by atoms with Crippen molar-refractivity contribution >= 4 is 17.6 Å². The number of aromatic carboxylic acids is 1. The molecule has 0 saturated heterocycles. The number of amides is 1. The number of nitrogens with one attached hydrogen (secondary N) is 1. The zero-order valence-corrected chi connectivity index (χ0v) is 14.2. The molecule has 0 aliphatic rings. The molecule has 0 aliphatic carbocycles. The van der Waals surface area contributed by atoms with E-state index in [1.807, 2.05) is 38.1 Å². The van der Waals surface area contributed by atoms with E-state index in [1.165, 1.54) is 6.07 Å². The maximum atomic E-state index is 12.7. The summed E-state index contributed by atoms with van der Waals surface area (Å²) in [6, 6.07) is 12.1. The second-order valence-corrected chi connectivity index (χ2v) is 6.11. The van der Waals surface area contributed by atoms with Crippen LogP contribution in [0, 0.1) is 6.92 Å². The third-order valence-corrected chi connectivity index (χ3v) is 4.06. The number of para-hydroxylation sites is 1. The van der Waals surface area contributed by atoms with Crippen LogP contribution < -0.4 is 10.1 Å². The summed E-state index contributed by atoms with van der Waals surface area (Å²) in [5, 5.41) is 11.9. The summed E-state index contributed by atoms with van der Waals surface area (Å²) in [4.78, 5) is 23.8. The number of anilines is 1. The van der Waals surface area contributed by atoms with Gasteiger partial charge in [-0.15, -0.1) is 0 Å². The first-order valence-electron chi connectivity index (χ1n) is 7.56. The summed E-state index contributed by atoms with van der Waals surface area (Å²) >= 11 is 0. The number of ether oxygens (including phenoxy) is 1. The standard InChI is InChI=1S/C19H21NO4/c1-12-11-13(9-10-14(12)17(21)22)20-18(23)19(2,3)15-7-5-6-8-16(15)24-4/h5-11H,1-4H3,(H,20,23)(H,21,22). The van der Waals surface area contributed by atoms with Crippen molar-refractivity contribution in [1.29, 1.82) is 0 Å². The van der Waals surface area contributed by atoms with E-state index in [1.54, 1.807) is 26.2 Å². The quantitative estimate of drug-likeness (QED) is 0.879. The Labute approximate surface area is 141 Å². The van der Waals surface area contributed by atoms with Crippen LogP contribution in [0.25, 0.3) is 0 Å². The van der Waals surface area contributed by atoms with Crippen molar-refractivity contribution in [2.24, 2.45) is 0 Å². The Kier molecular flexibility index (Phi) is 4.93. The van der Waals surface area contributed by atoms with Gasteiger partial charge >= 0.3 is 5.97 Å². The van der Waals surface area contributed by atoms with Gasteiger partial charge in [-0.25, -0.2) is 4.79 Å². The fourth-order valence-corrected chi connectivity index (χ4v) is 2.55. The Morgan fingerprint density at radius 2 is 1.79 bits per heavy atom. The zero-order valence-electron chi connectivity index (χ0n) is 14.2. The van der Waals surface area contributed by atoms with E-state index in [2.05, 4.69) is 5.32 Å². The topological polar surface area (TPSA) is 75.6 Å². The lowest BCUT2D eigenvalue weighted by Gasteiger charge is -2.26. The molecular formula is C19H21NO4. The summed E-state index contributed by atoms with van der Waals surface area (Å²) in [6.07, 6.45) is 0. The van der Waals surface area contributed by atoms with E-state index in [0.29, 0.717) is 17.0 Å². The zero-order chi connectivity index (χ0) is 17.9. The smallest absolute Gasteiger partial charge is 0.335 e. The van der Waals surface area contributed by atoms with Crippen LogP contribution in [-0.2, 0) is 10.2 Å². The van der Waals surface area contributed by atoms with Crippen LogP contribution in [-0.4, -0.2) is 24.1 Å². The number of carbonyl (C=O) groups excluding carboxylic acids is 1. The highest BCUT2D eigenvalue weighted by atomic mass is 16.5. The first-order valence-corrected chi connectivity index (χ1v) is 7.56. The van der Waals surface area contributed by atoms with E-state index >= 15 is 0 Å². The second kappa shape index (κ2) is 6.74. The molecule has 1 amide bonds. The van der Waals surface area contributed by atoms with Gasteiger partial charge in [-0.3, -0.25) is 4.79 Å². The molecular weight excluding hydrogens is 306 g/mol. The monoisotopic (exact) mass is 327 g/mol. The number of rotatable bonds is 5. The number of hydrogen-bond acceptors (Lipinski definition) is 3. The van der Waals surface area contributed by atoms with E-state index < -0.39 is 11.4 Å². The van der Waals surface area contributed by atoms with Gasteiger partial charge in [-0.1, -0.05) is 18.2 Å². The first kappa shape index (κ1) is 17.5. The highest BCUT2D eigenvalue weighted by Gasteiger charge is 2.32. The molecule has 5 heteroatoms. The first-order chi connectivity index (χ1) is 11.3. The molecule has 0 spiro atoms. The van der Waals surface area contributed by atoms with Crippen LogP contribution in [0.5, 0.6) is 5.75 Å². The van der Waals surface area contributed by atoms with Crippen LogP contribution in [0.2, 0.25) is 0 Å². The molecule has 0 bridgehead atoms. The lowest BCUT2D eigenvalue weighted by atomic mass is 9.83. The predicted molar refractivity (Wildman–Crippen MR) is 92.8 cm³/mol. The molecule has 2 rings (SSSR count). The number of hydrogen-bond donors (Lipinski definition) is 2. The van der Waals surface area contributed by atoms with Gasteiger partial charge in [0.2, 0.25) is 5.91 Å². The number of carboxylic acids is 1. The number of carbonyl (C=O) groups is 2. The van der Waals surface area contributed by atoms with Gasteiger partial charge in [0.05, 0.1) is 18.1 Å².